The summed E-state index contributed by atoms with van der Waals surface area (Å²) in [6.07, 6.45) is 3.76. The molecule has 0 fully saturated rings. The van der Waals surface area contributed by atoms with Gasteiger partial charge in [-0.1, -0.05) is 0 Å². The van der Waals surface area contributed by atoms with Gasteiger partial charge in [0, 0.05) is 12.7 Å². The first-order valence-corrected chi connectivity index (χ1v) is 5.07. The van der Waals surface area contributed by atoms with E-state index >= 15 is 0 Å². The van der Waals surface area contributed by atoms with Gasteiger partial charge in [0.1, 0.15) is 0 Å². The fraction of sp³-hybridized carbons (Fsp3) is 0.600. The molecule has 0 saturated carbocycles. The molecular formula is C10H18N4O. The summed E-state index contributed by atoms with van der Waals surface area (Å²) in [4.78, 5) is 11.4. The summed E-state index contributed by atoms with van der Waals surface area (Å²) in [5.74, 6) is 0.0152. The highest BCUT2D eigenvalue weighted by Gasteiger charge is 2.08. The van der Waals surface area contributed by atoms with Gasteiger partial charge in [0.25, 0.3) is 0 Å². The lowest BCUT2D eigenvalue weighted by atomic mass is 10.3. The number of carbonyl (C=O) groups excluding carboxylic acids is 1. The van der Waals surface area contributed by atoms with Crippen LogP contribution in [-0.4, -0.2) is 35.3 Å². The van der Waals surface area contributed by atoms with E-state index in [1.807, 2.05) is 24.7 Å². The third kappa shape index (κ3) is 3.71. The maximum atomic E-state index is 11.4. The monoisotopic (exact) mass is 210 g/mol. The summed E-state index contributed by atoms with van der Waals surface area (Å²) < 4.78 is 1.82. The van der Waals surface area contributed by atoms with Crippen molar-refractivity contribution >= 4 is 5.91 Å². The standard InChI is InChI=1S/C10H18N4O/c1-8-6-13-14(7-8)5-4-12-10(15)9(2)11-3/h6-7,9,11H,4-5H2,1-3H3,(H,12,15). The van der Waals surface area contributed by atoms with Gasteiger partial charge in [0.15, 0.2) is 0 Å². The highest BCUT2D eigenvalue weighted by atomic mass is 16.2. The van der Waals surface area contributed by atoms with Crippen molar-refractivity contribution in [2.75, 3.05) is 13.6 Å². The Hall–Kier alpha value is -1.36. The SMILES string of the molecule is CNC(C)C(=O)NCCn1cc(C)cn1. The van der Waals surface area contributed by atoms with Crippen molar-refractivity contribution in [1.29, 1.82) is 0 Å². The minimum absolute atomic E-state index is 0.0152. The van der Waals surface area contributed by atoms with Gasteiger partial charge in [-0.3, -0.25) is 9.48 Å². The summed E-state index contributed by atoms with van der Waals surface area (Å²) in [5, 5.41) is 9.84. The van der Waals surface area contributed by atoms with Crippen molar-refractivity contribution in [2.45, 2.75) is 26.4 Å². The van der Waals surface area contributed by atoms with Crippen molar-refractivity contribution < 1.29 is 4.79 Å². The highest BCUT2D eigenvalue weighted by molar-refractivity contribution is 5.81. The molecule has 0 saturated heterocycles. The van der Waals surface area contributed by atoms with Gasteiger partial charge in [-0.25, -0.2) is 0 Å². The van der Waals surface area contributed by atoms with E-state index in [0.29, 0.717) is 13.1 Å². The number of hydrogen-bond donors (Lipinski definition) is 2. The first-order valence-electron chi connectivity index (χ1n) is 5.07. The van der Waals surface area contributed by atoms with Gasteiger partial charge in [0.2, 0.25) is 5.91 Å². The molecule has 5 heteroatoms. The van der Waals surface area contributed by atoms with E-state index in [9.17, 15) is 4.79 Å². The van der Waals surface area contributed by atoms with E-state index in [1.165, 1.54) is 0 Å². The molecular weight excluding hydrogens is 192 g/mol. The second-order valence-electron chi connectivity index (χ2n) is 3.58. The number of likely N-dealkylation sites (N-methyl/N-ethyl adjacent to an activating group) is 1. The first-order chi connectivity index (χ1) is 7.13. The topological polar surface area (TPSA) is 59.0 Å². The number of aromatic nitrogens is 2. The van der Waals surface area contributed by atoms with Crippen LogP contribution in [0.1, 0.15) is 12.5 Å². The summed E-state index contributed by atoms with van der Waals surface area (Å²) in [7, 11) is 1.76. The normalized spacial score (nSPS) is 12.5. The largest absolute Gasteiger partial charge is 0.353 e. The van der Waals surface area contributed by atoms with Gasteiger partial charge in [-0.15, -0.1) is 0 Å². The summed E-state index contributed by atoms with van der Waals surface area (Å²) in [6.45, 7) is 5.13. The molecule has 1 aromatic heterocycles. The molecule has 0 radical (unpaired) electrons. The average Bonchev–Trinajstić information content (AvgIpc) is 2.63. The zero-order chi connectivity index (χ0) is 11.3. The fourth-order valence-electron chi connectivity index (χ4n) is 1.17. The molecule has 1 amide bonds. The number of carbonyl (C=O) groups is 1. The van der Waals surface area contributed by atoms with E-state index in [0.717, 1.165) is 5.56 Å². The predicted octanol–water partition coefficient (Wildman–Crippen LogP) is -0.0844. The van der Waals surface area contributed by atoms with Crippen LogP contribution in [0.15, 0.2) is 12.4 Å². The number of rotatable bonds is 5. The van der Waals surface area contributed by atoms with Crippen molar-refractivity contribution in [1.82, 2.24) is 20.4 Å². The molecule has 0 aliphatic heterocycles. The van der Waals surface area contributed by atoms with Gasteiger partial charge >= 0.3 is 0 Å². The third-order valence-electron chi connectivity index (χ3n) is 2.23. The Balaban J connectivity index is 2.24. The van der Waals surface area contributed by atoms with E-state index in [2.05, 4.69) is 15.7 Å². The molecule has 0 bridgehead atoms. The second-order valence-corrected chi connectivity index (χ2v) is 3.58. The Morgan fingerprint density at radius 2 is 2.40 bits per heavy atom. The molecule has 84 valence electrons. The van der Waals surface area contributed by atoms with Crippen molar-refractivity contribution in [3.8, 4) is 0 Å². The van der Waals surface area contributed by atoms with Crippen LogP contribution >= 0.6 is 0 Å². The van der Waals surface area contributed by atoms with E-state index in [-0.39, 0.29) is 11.9 Å². The van der Waals surface area contributed by atoms with Crippen molar-refractivity contribution in [2.24, 2.45) is 0 Å². The van der Waals surface area contributed by atoms with Crippen LogP contribution in [0.3, 0.4) is 0 Å². The number of hydrogen-bond acceptors (Lipinski definition) is 3. The molecule has 0 aliphatic carbocycles. The van der Waals surface area contributed by atoms with Crippen LogP contribution in [0.25, 0.3) is 0 Å². The Labute approximate surface area is 89.9 Å². The predicted molar refractivity (Wildman–Crippen MR) is 58.5 cm³/mol. The summed E-state index contributed by atoms with van der Waals surface area (Å²) in [6, 6.07) is -0.149. The maximum absolute atomic E-state index is 11.4. The van der Waals surface area contributed by atoms with Crippen LogP contribution in [0.5, 0.6) is 0 Å². The molecule has 0 spiro atoms. The maximum Gasteiger partial charge on any atom is 0.236 e. The summed E-state index contributed by atoms with van der Waals surface area (Å²) in [5.41, 5.74) is 1.13. The fourth-order valence-corrected chi connectivity index (χ4v) is 1.17. The number of amides is 1. The molecule has 2 N–H and O–H groups in total. The Kier molecular flexibility index (Phi) is 4.30. The Bertz CT molecular complexity index is 321. The van der Waals surface area contributed by atoms with Crippen LogP contribution in [0, 0.1) is 6.92 Å². The molecule has 1 rings (SSSR count). The smallest absolute Gasteiger partial charge is 0.236 e. The third-order valence-corrected chi connectivity index (χ3v) is 2.23. The Morgan fingerprint density at radius 3 is 2.93 bits per heavy atom. The van der Waals surface area contributed by atoms with Crippen LogP contribution in [0.4, 0.5) is 0 Å². The molecule has 1 atom stereocenters. The number of nitrogens with one attached hydrogen (secondary N) is 2. The van der Waals surface area contributed by atoms with Crippen LogP contribution in [-0.2, 0) is 11.3 Å². The molecule has 15 heavy (non-hydrogen) atoms. The highest BCUT2D eigenvalue weighted by Crippen LogP contribution is 1.92. The van der Waals surface area contributed by atoms with E-state index in [4.69, 9.17) is 0 Å². The molecule has 1 aromatic rings. The quantitative estimate of drug-likeness (QED) is 0.714. The van der Waals surface area contributed by atoms with Crippen molar-refractivity contribution in [3.05, 3.63) is 18.0 Å². The lowest BCUT2D eigenvalue weighted by Gasteiger charge is -2.10. The zero-order valence-corrected chi connectivity index (χ0v) is 9.45. The van der Waals surface area contributed by atoms with Crippen LogP contribution < -0.4 is 10.6 Å². The molecule has 1 unspecified atom stereocenters. The van der Waals surface area contributed by atoms with E-state index < -0.39 is 0 Å². The first kappa shape index (κ1) is 11.7. The second kappa shape index (κ2) is 5.50. The summed E-state index contributed by atoms with van der Waals surface area (Å²) >= 11 is 0. The minimum atomic E-state index is -0.149. The van der Waals surface area contributed by atoms with Gasteiger partial charge in [0.05, 0.1) is 18.8 Å². The minimum Gasteiger partial charge on any atom is -0.353 e. The molecule has 5 nitrogen and oxygen atoms in total. The number of nitrogens with zero attached hydrogens (tertiary/aromatic N) is 2. The van der Waals surface area contributed by atoms with Gasteiger partial charge < -0.3 is 10.6 Å². The van der Waals surface area contributed by atoms with Crippen LogP contribution in [0.2, 0.25) is 0 Å². The van der Waals surface area contributed by atoms with Gasteiger partial charge in [-0.05, 0) is 26.5 Å². The number of aryl methyl sites for hydroxylation is 1. The lowest BCUT2D eigenvalue weighted by Crippen LogP contribution is -2.41. The van der Waals surface area contributed by atoms with E-state index in [1.54, 1.807) is 13.2 Å². The Morgan fingerprint density at radius 1 is 1.67 bits per heavy atom. The molecule has 1 heterocycles. The average molecular weight is 210 g/mol. The van der Waals surface area contributed by atoms with Crippen molar-refractivity contribution in [3.63, 3.8) is 0 Å². The lowest BCUT2D eigenvalue weighted by molar-refractivity contribution is -0.122. The van der Waals surface area contributed by atoms with Gasteiger partial charge in [-0.2, -0.15) is 5.10 Å². The molecule has 0 aromatic carbocycles. The zero-order valence-electron chi connectivity index (χ0n) is 9.45. The molecule has 0 aliphatic rings.